The molecule has 0 aliphatic rings. The van der Waals surface area contributed by atoms with Crippen LogP contribution in [-0.2, 0) is 4.74 Å². The van der Waals surface area contributed by atoms with Crippen molar-refractivity contribution in [3.05, 3.63) is 0 Å². The van der Waals surface area contributed by atoms with Crippen molar-refractivity contribution < 1.29 is 4.74 Å². The van der Waals surface area contributed by atoms with E-state index >= 15 is 0 Å². The number of unbranched alkanes of at least 4 members (excludes halogenated alkanes) is 2. The highest BCUT2D eigenvalue weighted by Gasteiger charge is 2.09. The minimum absolute atomic E-state index is 0.620. The van der Waals surface area contributed by atoms with E-state index in [0.29, 0.717) is 30.0 Å². The summed E-state index contributed by atoms with van der Waals surface area (Å²) in [6.07, 6.45) is 3.15. The van der Waals surface area contributed by atoms with Crippen molar-refractivity contribution in [2.75, 3.05) is 79.1 Å². The topological polar surface area (TPSA) is 151 Å². The van der Waals surface area contributed by atoms with Crippen molar-refractivity contribution in [1.29, 1.82) is 0 Å². The number of hydrazine groups is 2. The Morgan fingerprint density at radius 3 is 1.67 bits per heavy atom. The smallest absolute Gasteiger partial charge is 0.196 e. The van der Waals surface area contributed by atoms with Gasteiger partial charge < -0.3 is 26.2 Å². The van der Waals surface area contributed by atoms with Gasteiger partial charge in [-0.05, 0) is 41.0 Å². The predicted molar refractivity (Wildman–Crippen MR) is 132 cm³/mol. The van der Waals surface area contributed by atoms with Crippen molar-refractivity contribution in [1.82, 2.24) is 19.8 Å². The first-order valence-electron chi connectivity index (χ1n) is 10.0. The molecule has 0 aromatic carbocycles. The van der Waals surface area contributed by atoms with Gasteiger partial charge in [-0.25, -0.2) is 11.7 Å². The quantitative estimate of drug-likeness (QED) is 0.0818. The molecule has 0 aromatic rings. The highest BCUT2D eigenvalue weighted by Crippen LogP contribution is 2.11. The number of hydrogen-bond acceptors (Lipinski definition) is 11. The molecule has 0 saturated heterocycles. The second-order valence-corrected chi connectivity index (χ2v) is 9.31. The van der Waals surface area contributed by atoms with E-state index in [9.17, 15) is 0 Å². The molecular formula is C17H42N10OS2. The highest BCUT2D eigenvalue weighted by atomic mass is 32.2. The van der Waals surface area contributed by atoms with Gasteiger partial charge in [0.1, 0.15) is 0 Å². The van der Waals surface area contributed by atoms with Crippen LogP contribution in [0, 0.1) is 0 Å². The maximum Gasteiger partial charge on any atom is 0.196 e. The van der Waals surface area contributed by atoms with Crippen molar-refractivity contribution in [2.24, 2.45) is 33.6 Å². The molecule has 0 unspecified atom stereocenters. The van der Waals surface area contributed by atoms with Crippen LogP contribution in [0.5, 0.6) is 0 Å². The van der Waals surface area contributed by atoms with E-state index in [2.05, 4.69) is 20.0 Å². The lowest BCUT2D eigenvalue weighted by molar-refractivity contribution is 0.146. The first-order valence-corrected chi connectivity index (χ1v) is 12.0. The van der Waals surface area contributed by atoms with Crippen LogP contribution in [-0.4, -0.2) is 109 Å². The van der Waals surface area contributed by atoms with Crippen LogP contribution in [0.3, 0.4) is 0 Å². The van der Waals surface area contributed by atoms with Crippen LogP contribution < -0.4 is 23.4 Å². The molecule has 0 amide bonds. The van der Waals surface area contributed by atoms with Crippen LogP contribution in [0.25, 0.3) is 0 Å². The Morgan fingerprint density at radius 1 is 0.700 bits per heavy atom. The SMILES string of the molecule is CN(C)CCN(N)/C(=N\N)SCCCCCOCCS/C(=N/N)N(N)CCN(C)C. The minimum Gasteiger partial charge on any atom is -0.381 e. The summed E-state index contributed by atoms with van der Waals surface area (Å²) >= 11 is 3.09. The van der Waals surface area contributed by atoms with Gasteiger partial charge in [-0.15, -0.1) is 0 Å². The summed E-state index contributed by atoms with van der Waals surface area (Å²) in [4.78, 5) is 4.12. The maximum atomic E-state index is 5.99. The van der Waals surface area contributed by atoms with Gasteiger partial charge in [0.05, 0.1) is 6.61 Å². The van der Waals surface area contributed by atoms with E-state index in [1.807, 2.05) is 28.2 Å². The van der Waals surface area contributed by atoms with E-state index < -0.39 is 0 Å². The number of amidine groups is 2. The first-order chi connectivity index (χ1) is 14.3. The minimum atomic E-state index is 0.620. The molecule has 0 aliphatic carbocycles. The molecule has 0 rings (SSSR count). The number of thioether (sulfide) groups is 2. The molecule has 0 aliphatic heterocycles. The third-order valence-electron chi connectivity index (χ3n) is 3.91. The summed E-state index contributed by atoms with van der Waals surface area (Å²) in [5.41, 5.74) is 0. The molecule has 178 valence electrons. The lowest BCUT2D eigenvalue weighted by Crippen LogP contribution is -2.41. The Hall–Kier alpha value is -0.960. The number of hydrazone groups is 2. The molecule has 11 nitrogen and oxygen atoms in total. The molecule has 0 bridgehead atoms. The lowest BCUT2D eigenvalue weighted by atomic mass is 10.3. The second kappa shape index (κ2) is 18.8. The normalized spacial score (nSPS) is 12.8. The molecule has 0 heterocycles. The fourth-order valence-electron chi connectivity index (χ4n) is 2.14. The zero-order valence-electron chi connectivity index (χ0n) is 19.0. The molecule has 0 aromatic heterocycles. The summed E-state index contributed by atoms with van der Waals surface area (Å²) in [7, 11) is 8.00. The summed E-state index contributed by atoms with van der Waals surface area (Å²) in [6, 6.07) is 0. The fraction of sp³-hybridized carbons (Fsp3) is 0.882. The molecule has 30 heavy (non-hydrogen) atoms. The summed E-state index contributed by atoms with van der Waals surface area (Å²) in [5.74, 6) is 24.5. The Labute approximate surface area is 190 Å². The first kappa shape index (κ1) is 29.0. The third-order valence-corrected chi connectivity index (χ3v) is 5.97. The zero-order valence-corrected chi connectivity index (χ0v) is 20.6. The molecule has 0 spiro atoms. The van der Waals surface area contributed by atoms with Gasteiger partial charge >= 0.3 is 0 Å². The third kappa shape index (κ3) is 15.8. The number of likely N-dealkylation sites (N-methyl/N-ethyl adjacent to an activating group) is 2. The number of rotatable bonds is 15. The summed E-state index contributed by atoms with van der Waals surface area (Å²) in [5, 5.41) is 12.0. The van der Waals surface area contributed by atoms with Crippen molar-refractivity contribution in [2.45, 2.75) is 19.3 Å². The standard InChI is InChI=1S/C17H42N10OS2/c1-24(2)8-10-26(20)16(22-18)29-14-7-5-6-12-28-13-15-30-17(23-19)27(21)11-9-25(3)4/h5-15,18-21H2,1-4H3/b22-16+,23-17+. The number of hydrogen-bond donors (Lipinski definition) is 4. The largest absolute Gasteiger partial charge is 0.381 e. The van der Waals surface area contributed by atoms with E-state index in [1.54, 1.807) is 21.8 Å². The number of nitrogens with zero attached hydrogens (tertiary/aromatic N) is 6. The van der Waals surface area contributed by atoms with E-state index in [1.165, 1.54) is 11.8 Å². The Morgan fingerprint density at radius 2 is 1.20 bits per heavy atom. The molecule has 0 radical (unpaired) electrons. The summed E-state index contributed by atoms with van der Waals surface area (Å²) < 4.78 is 5.68. The van der Waals surface area contributed by atoms with Gasteiger partial charge in [0.25, 0.3) is 0 Å². The van der Waals surface area contributed by atoms with Crippen molar-refractivity contribution in [3.8, 4) is 0 Å². The molecular weight excluding hydrogens is 424 g/mol. The average Bonchev–Trinajstić information content (AvgIpc) is 2.71. The molecule has 0 fully saturated rings. The van der Waals surface area contributed by atoms with Crippen molar-refractivity contribution in [3.63, 3.8) is 0 Å². The van der Waals surface area contributed by atoms with Gasteiger partial charge in [-0.3, -0.25) is 10.0 Å². The lowest BCUT2D eigenvalue weighted by Gasteiger charge is -2.21. The second-order valence-electron chi connectivity index (χ2n) is 7.19. The predicted octanol–water partition coefficient (Wildman–Crippen LogP) is -0.426. The van der Waals surface area contributed by atoms with Crippen LogP contribution in [0.1, 0.15) is 19.3 Å². The van der Waals surface area contributed by atoms with E-state index in [4.69, 9.17) is 28.1 Å². The van der Waals surface area contributed by atoms with Gasteiger partial charge in [0.2, 0.25) is 0 Å². The van der Waals surface area contributed by atoms with E-state index in [-0.39, 0.29) is 0 Å². The highest BCUT2D eigenvalue weighted by molar-refractivity contribution is 8.14. The maximum absolute atomic E-state index is 5.99. The Balaban J connectivity index is 3.71. The molecule has 0 saturated carbocycles. The van der Waals surface area contributed by atoms with Crippen LogP contribution in [0.4, 0.5) is 0 Å². The van der Waals surface area contributed by atoms with Gasteiger partial charge in [0.15, 0.2) is 10.3 Å². The summed E-state index contributed by atoms with van der Waals surface area (Å²) in [6.45, 7) is 4.42. The fourth-order valence-corrected chi connectivity index (χ4v) is 3.71. The van der Waals surface area contributed by atoms with Crippen LogP contribution in [0.2, 0.25) is 0 Å². The molecule has 0 atom stereocenters. The van der Waals surface area contributed by atoms with Crippen molar-refractivity contribution >= 4 is 33.9 Å². The monoisotopic (exact) mass is 466 g/mol. The zero-order chi connectivity index (χ0) is 22.8. The van der Waals surface area contributed by atoms with Gasteiger partial charge in [-0.2, -0.15) is 10.2 Å². The van der Waals surface area contributed by atoms with Gasteiger partial charge in [0, 0.05) is 44.3 Å². The van der Waals surface area contributed by atoms with Crippen LogP contribution in [0.15, 0.2) is 10.2 Å². The number of ether oxygens (including phenoxy) is 1. The van der Waals surface area contributed by atoms with E-state index in [0.717, 1.165) is 50.5 Å². The average molecular weight is 467 g/mol. The molecule has 13 heteroatoms. The Kier molecular flexibility index (Phi) is 18.2. The van der Waals surface area contributed by atoms with Gasteiger partial charge in [-0.1, -0.05) is 29.9 Å². The Bertz CT molecular complexity index is 437. The molecule has 8 N–H and O–H groups in total. The number of nitrogens with two attached hydrogens (primary N) is 4. The van der Waals surface area contributed by atoms with Crippen LogP contribution >= 0.6 is 23.5 Å².